The number of hydrogen-bond acceptors (Lipinski definition) is 8. The van der Waals surface area contributed by atoms with Crippen molar-refractivity contribution in [3.05, 3.63) is 111 Å². The van der Waals surface area contributed by atoms with Gasteiger partial charge in [-0.1, -0.05) is 30.1 Å². The Labute approximate surface area is 287 Å². The Balaban J connectivity index is 1.58. The fraction of sp³-hybridized carbons (Fsp3) is 0.241. The third kappa shape index (κ3) is 7.75. The molecule has 51 heavy (non-hydrogen) atoms. The molecule has 0 fully saturated rings. The molecule has 2 aromatic heterocycles. The number of aromatic nitrogens is 4. The summed E-state index contributed by atoms with van der Waals surface area (Å²) in [7, 11) is 1.35. The molecule has 2 aromatic carbocycles. The van der Waals surface area contributed by atoms with Gasteiger partial charge in [-0.25, -0.2) is 27.5 Å². The van der Waals surface area contributed by atoms with Crippen molar-refractivity contribution in [2.75, 3.05) is 0 Å². The fourth-order valence-corrected chi connectivity index (χ4v) is 4.86. The Morgan fingerprint density at radius 1 is 0.686 bits per heavy atom. The molecule has 0 bridgehead atoms. The maximum Gasteiger partial charge on any atom is 0.431 e. The number of carbonyl (C=O) groups is 2. The van der Waals surface area contributed by atoms with Crippen LogP contribution in [0.25, 0.3) is 11.4 Å². The number of ether oxygens (including phenoxy) is 2. The summed E-state index contributed by atoms with van der Waals surface area (Å²) in [6, 6.07) is 2.19. The second-order valence-corrected chi connectivity index (χ2v) is 11.4. The topological polar surface area (TPSA) is 141 Å². The Bertz CT molecular complexity index is 2350. The third-order valence-corrected chi connectivity index (χ3v) is 7.61. The standard InChI is InChI=1S/C29H18Cl2F8N4O8/c1-11(25(47)51-19-8-17(15(33)6-13(19)31)43-23(45)10-21(29(37,38)39)41(3)27(43)49)4-24(46)50-18-7-16(14(32)5-12(18)30)42-22(44)9-20(28(34,35)36)40(2)26(42)48/h5-11H,4H2,1-3H3. The summed E-state index contributed by atoms with van der Waals surface area (Å²) in [5.74, 6) is -8.09. The summed E-state index contributed by atoms with van der Waals surface area (Å²) in [4.78, 5) is 75.6. The number of nitrogens with zero attached hydrogens (tertiary/aromatic N) is 4. The van der Waals surface area contributed by atoms with Gasteiger partial charge in [-0.2, -0.15) is 26.3 Å². The maximum absolute atomic E-state index is 14.8. The zero-order valence-corrected chi connectivity index (χ0v) is 27.1. The van der Waals surface area contributed by atoms with Crippen LogP contribution in [0.4, 0.5) is 35.1 Å². The number of alkyl halides is 6. The number of rotatable bonds is 7. The smallest absolute Gasteiger partial charge is 0.425 e. The average molecular weight is 773 g/mol. The lowest BCUT2D eigenvalue weighted by Gasteiger charge is -2.16. The van der Waals surface area contributed by atoms with Crippen molar-refractivity contribution in [1.29, 1.82) is 0 Å². The first-order valence-electron chi connectivity index (χ1n) is 13.7. The van der Waals surface area contributed by atoms with Gasteiger partial charge in [0.05, 0.1) is 33.8 Å². The normalized spacial score (nSPS) is 12.5. The fourth-order valence-electron chi connectivity index (χ4n) is 4.48. The quantitative estimate of drug-likeness (QED) is 0.152. The minimum absolute atomic E-state index is 0.0213. The molecule has 0 spiro atoms. The first kappa shape index (κ1) is 38.6. The van der Waals surface area contributed by atoms with Gasteiger partial charge in [-0.05, 0) is 12.1 Å². The molecule has 0 amide bonds. The Morgan fingerprint density at radius 2 is 1.06 bits per heavy atom. The minimum atomic E-state index is -5.11. The monoisotopic (exact) mass is 772 g/mol. The number of halogens is 10. The molecular formula is C29H18Cl2F8N4O8. The molecular weight excluding hydrogens is 755 g/mol. The molecule has 2 heterocycles. The molecule has 1 unspecified atom stereocenters. The lowest BCUT2D eigenvalue weighted by Crippen LogP contribution is -2.41. The van der Waals surface area contributed by atoms with Gasteiger partial charge in [-0.3, -0.25) is 28.3 Å². The Hall–Kier alpha value is -5.24. The number of carbonyl (C=O) groups excluding carboxylic acids is 2. The minimum Gasteiger partial charge on any atom is -0.425 e. The van der Waals surface area contributed by atoms with Crippen molar-refractivity contribution in [2.45, 2.75) is 25.7 Å². The van der Waals surface area contributed by atoms with Gasteiger partial charge >= 0.3 is 35.7 Å². The molecule has 272 valence electrons. The van der Waals surface area contributed by atoms with Crippen LogP contribution in [-0.4, -0.2) is 30.2 Å². The van der Waals surface area contributed by atoms with Crippen LogP contribution in [0.15, 0.2) is 55.6 Å². The van der Waals surface area contributed by atoms with Crippen LogP contribution in [0.1, 0.15) is 24.7 Å². The molecule has 4 rings (SSSR count). The highest BCUT2D eigenvalue weighted by Gasteiger charge is 2.36. The van der Waals surface area contributed by atoms with Crippen molar-refractivity contribution in [3.63, 3.8) is 0 Å². The maximum atomic E-state index is 14.8. The van der Waals surface area contributed by atoms with Gasteiger partial charge in [0.25, 0.3) is 11.1 Å². The van der Waals surface area contributed by atoms with Gasteiger partial charge in [-0.15, -0.1) is 0 Å². The SMILES string of the molecule is CC(CC(=O)Oc1cc(-n2c(=O)cc(C(F)(F)F)n(C)c2=O)c(F)cc1Cl)C(=O)Oc1cc(-n2c(=O)cc(C(F)(F)F)n(C)c2=O)c(F)cc1Cl. The molecule has 0 saturated heterocycles. The second kappa shape index (κ2) is 13.8. The van der Waals surface area contributed by atoms with E-state index in [-0.39, 0.29) is 30.4 Å². The zero-order chi connectivity index (χ0) is 38.5. The molecule has 12 nitrogen and oxygen atoms in total. The van der Waals surface area contributed by atoms with E-state index < -0.39 is 115 Å². The summed E-state index contributed by atoms with van der Waals surface area (Å²) < 4.78 is 119. The van der Waals surface area contributed by atoms with E-state index in [9.17, 15) is 63.9 Å². The van der Waals surface area contributed by atoms with E-state index in [4.69, 9.17) is 32.7 Å². The van der Waals surface area contributed by atoms with E-state index in [1.807, 2.05) is 0 Å². The first-order chi connectivity index (χ1) is 23.4. The van der Waals surface area contributed by atoms with Crippen molar-refractivity contribution in [3.8, 4) is 22.9 Å². The molecule has 22 heteroatoms. The Kier molecular flexibility index (Phi) is 10.4. The van der Waals surface area contributed by atoms with Crippen LogP contribution < -0.4 is 32.0 Å². The van der Waals surface area contributed by atoms with Crippen LogP contribution in [0.2, 0.25) is 10.0 Å². The van der Waals surface area contributed by atoms with Crippen molar-refractivity contribution in [2.24, 2.45) is 20.0 Å². The summed E-state index contributed by atoms with van der Waals surface area (Å²) in [6.07, 6.45) is -11.1. The zero-order valence-electron chi connectivity index (χ0n) is 25.6. The van der Waals surface area contributed by atoms with E-state index >= 15 is 0 Å². The van der Waals surface area contributed by atoms with E-state index in [2.05, 4.69) is 0 Å². The van der Waals surface area contributed by atoms with Crippen molar-refractivity contribution >= 4 is 35.1 Å². The number of esters is 2. The van der Waals surface area contributed by atoms with Crippen LogP contribution in [0.5, 0.6) is 11.5 Å². The first-order valence-corrected chi connectivity index (χ1v) is 14.4. The van der Waals surface area contributed by atoms with Gasteiger partial charge in [0.15, 0.2) is 11.5 Å². The molecule has 0 saturated carbocycles. The molecule has 4 aromatic rings. The highest BCUT2D eigenvalue weighted by atomic mass is 35.5. The van der Waals surface area contributed by atoms with E-state index in [1.165, 1.54) is 0 Å². The van der Waals surface area contributed by atoms with Crippen molar-refractivity contribution < 1.29 is 54.2 Å². The lowest BCUT2D eigenvalue weighted by molar-refractivity contribution is -0.144. The predicted molar refractivity (Wildman–Crippen MR) is 160 cm³/mol. The molecule has 0 N–H and O–H groups in total. The summed E-state index contributed by atoms with van der Waals surface area (Å²) in [6.45, 7) is 1.11. The third-order valence-electron chi connectivity index (χ3n) is 7.02. The van der Waals surface area contributed by atoms with Crippen LogP contribution in [0, 0.1) is 17.6 Å². The van der Waals surface area contributed by atoms with Crippen LogP contribution in [0.3, 0.4) is 0 Å². The van der Waals surface area contributed by atoms with Crippen molar-refractivity contribution in [1.82, 2.24) is 18.3 Å². The highest BCUT2D eigenvalue weighted by Crippen LogP contribution is 2.33. The van der Waals surface area contributed by atoms with Gasteiger partial charge in [0.2, 0.25) is 0 Å². The van der Waals surface area contributed by atoms with Gasteiger partial charge in [0, 0.05) is 38.4 Å². The molecule has 0 aliphatic carbocycles. The average Bonchev–Trinajstić information content (AvgIpc) is 2.99. The molecule has 0 aliphatic rings. The second-order valence-electron chi connectivity index (χ2n) is 10.6. The lowest BCUT2D eigenvalue weighted by atomic mass is 10.1. The summed E-state index contributed by atoms with van der Waals surface area (Å²) >= 11 is 11.8. The molecule has 0 radical (unpaired) electrons. The Morgan fingerprint density at radius 3 is 1.43 bits per heavy atom. The molecule has 1 atom stereocenters. The van der Waals surface area contributed by atoms with Gasteiger partial charge < -0.3 is 9.47 Å². The molecule has 0 aliphatic heterocycles. The largest absolute Gasteiger partial charge is 0.431 e. The van der Waals surface area contributed by atoms with Crippen LogP contribution >= 0.6 is 23.2 Å². The predicted octanol–water partition coefficient (Wildman–Crippen LogP) is 4.55. The summed E-state index contributed by atoms with van der Waals surface area (Å²) in [5.41, 5.74) is -11.6. The number of benzene rings is 2. The highest BCUT2D eigenvalue weighted by molar-refractivity contribution is 6.32. The van der Waals surface area contributed by atoms with E-state index in [1.54, 1.807) is 0 Å². The summed E-state index contributed by atoms with van der Waals surface area (Å²) in [5, 5.41) is -1.21. The van der Waals surface area contributed by atoms with Gasteiger partial charge in [0.1, 0.15) is 23.0 Å². The van der Waals surface area contributed by atoms with E-state index in [0.29, 0.717) is 38.4 Å². The van der Waals surface area contributed by atoms with E-state index in [0.717, 1.165) is 6.92 Å². The number of hydrogen-bond donors (Lipinski definition) is 0. The van der Waals surface area contributed by atoms with Crippen LogP contribution in [-0.2, 0) is 36.0 Å².